The van der Waals surface area contributed by atoms with Gasteiger partial charge >= 0.3 is 5.97 Å². The Morgan fingerprint density at radius 1 is 1.23 bits per heavy atom. The lowest BCUT2D eigenvalue weighted by atomic mass is 10.0. The molecular weight excluding hydrogens is 424 g/mol. The van der Waals surface area contributed by atoms with Gasteiger partial charge in [0.25, 0.3) is 5.91 Å². The number of thioether (sulfide) groups is 1. The summed E-state index contributed by atoms with van der Waals surface area (Å²) in [6, 6.07) is 11.5. The van der Waals surface area contributed by atoms with Gasteiger partial charge in [-0.2, -0.15) is 0 Å². The molecule has 1 heterocycles. The highest BCUT2D eigenvalue weighted by Gasteiger charge is 2.26. The van der Waals surface area contributed by atoms with Gasteiger partial charge in [-0.3, -0.25) is 14.4 Å². The third kappa shape index (κ3) is 5.34. The number of esters is 1. The van der Waals surface area contributed by atoms with Gasteiger partial charge in [-0.05, 0) is 50.6 Å². The number of carbonyl (C=O) groups excluding carboxylic acids is 3. The van der Waals surface area contributed by atoms with E-state index < -0.39 is 12.0 Å². The molecule has 0 radical (unpaired) electrons. The Hall–Kier alpha value is -2.51. The number of hydrogen-bond acceptors (Lipinski definition) is 5. The minimum atomic E-state index is -0.655. The van der Waals surface area contributed by atoms with Crippen molar-refractivity contribution in [2.75, 3.05) is 5.32 Å². The van der Waals surface area contributed by atoms with Gasteiger partial charge in [-0.25, -0.2) is 0 Å². The Morgan fingerprint density at radius 3 is 2.67 bits per heavy atom. The molecular formula is C22H23ClN2O4S. The van der Waals surface area contributed by atoms with E-state index in [0.29, 0.717) is 21.8 Å². The molecule has 0 aliphatic carbocycles. The second-order valence-electron chi connectivity index (χ2n) is 7.25. The fourth-order valence-corrected chi connectivity index (χ4v) is 4.26. The summed E-state index contributed by atoms with van der Waals surface area (Å²) in [7, 11) is 0. The highest BCUT2D eigenvalue weighted by Crippen LogP contribution is 2.36. The first-order valence-electron chi connectivity index (χ1n) is 9.61. The molecule has 0 bridgehead atoms. The third-order valence-corrected chi connectivity index (χ3v) is 6.02. The Bertz CT molecular complexity index is 979. The normalized spacial score (nSPS) is 16.4. The quantitative estimate of drug-likeness (QED) is 0.634. The first-order chi connectivity index (χ1) is 14.2. The topological polar surface area (TPSA) is 84.5 Å². The molecule has 2 aromatic rings. The van der Waals surface area contributed by atoms with E-state index in [0.717, 1.165) is 4.90 Å². The van der Waals surface area contributed by atoms with Crippen LogP contribution in [-0.2, 0) is 14.3 Å². The maximum absolute atomic E-state index is 12.9. The van der Waals surface area contributed by atoms with Gasteiger partial charge in [0.15, 0.2) is 0 Å². The fourth-order valence-electron chi connectivity index (χ4n) is 3.07. The van der Waals surface area contributed by atoms with Crippen molar-refractivity contribution < 1.29 is 19.1 Å². The van der Waals surface area contributed by atoms with Crippen LogP contribution in [0.5, 0.6) is 0 Å². The van der Waals surface area contributed by atoms with Gasteiger partial charge in [0.2, 0.25) is 5.91 Å². The number of hydrogen-bond donors (Lipinski definition) is 2. The van der Waals surface area contributed by atoms with Crippen LogP contribution in [0.15, 0.2) is 47.4 Å². The summed E-state index contributed by atoms with van der Waals surface area (Å²) >= 11 is 7.75. The van der Waals surface area contributed by atoms with Gasteiger partial charge < -0.3 is 15.4 Å². The first-order valence-corrected chi connectivity index (χ1v) is 10.9. The number of fused-ring (bicyclic) bond motifs is 1. The molecule has 2 aromatic carbocycles. The molecule has 0 saturated carbocycles. The molecule has 3 rings (SSSR count). The van der Waals surface area contributed by atoms with Crippen molar-refractivity contribution in [3.63, 3.8) is 0 Å². The molecule has 1 aliphatic heterocycles. The minimum Gasteiger partial charge on any atom is -0.463 e. The lowest BCUT2D eigenvalue weighted by Crippen LogP contribution is -2.32. The summed E-state index contributed by atoms with van der Waals surface area (Å²) < 4.78 is 5.24. The average Bonchev–Trinajstić information content (AvgIpc) is 2.67. The van der Waals surface area contributed by atoms with Crippen molar-refractivity contribution in [2.45, 2.75) is 49.5 Å². The molecule has 2 unspecified atom stereocenters. The summed E-state index contributed by atoms with van der Waals surface area (Å²) in [4.78, 5) is 38.1. The van der Waals surface area contributed by atoms with Gasteiger partial charge in [-0.1, -0.05) is 29.8 Å². The van der Waals surface area contributed by atoms with Crippen LogP contribution in [0.3, 0.4) is 0 Å². The van der Waals surface area contributed by atoms with Gasteiger partial charge in [0.05, 0.1) is 29.5 Å². The molecule has 8 heteroatoms. The minimum absolute atomic E-state index is 0.0529. The summed E-state index contributed by atoms with van der Waals surface area (Å²) in [5, 5.41) is 5.96. The lowest BCUT2D eigenvalue weighted by molar-refractivity contribution is -0.147. The second-order valence-corrected chi connectivity index (χ2v) is 9.04. The first kappa shape index (κ1) is 22.2. The summed E-state index contributed by atoms with van der Waals surface area (Å²) in [5.74, 6) is -0.910. The molecule has 2 atom stereocenters. The number of rotatable bonds is 6. The van der Waals surface area contributed by atoms with Crippen LogP contribution in [0.4, 0.5) is 5.69 Å². The van der Waals surface area contributed by atoms with Gasteiger partial charge in [-0.15, -0.1) is 11.8 Å². The van der Waals surface area contributed by atoms with Crippen molar-refractivity contribution in [1.82, 2.24) is 5.32 Å². The largest absolute Gasteiger partial charge is 0.463 e. The van der Waals surface area contributed by atoms with Crippen LogP contribution in [0.1, 0.15) is 49.2 Å². The molecule has 0 fully saturated rings. The van der Waals surface area contributed by atoms with E-state index in [1.165, 1.54) is 11.8 Å². The van der Waals surface area contributed by atoms with E-state index in [2.05, 4.69) is 10.6 Å². The second kappa shape index (κ2) is 9.53. The molecule has 0 aromatic heterocycles. The van der Waals surface area contributed by atoms with Crippen molar-refractivity contribution in [3.05, 3.63) is 58.6 Å². The van der Waals surface area contributed by atoms with E-state index in [-0.39, 0.29) is 29.6 Å². The van der Waals surface area contributed by atoms with E-state index in [1.54, 1.807) is 50.2 Å². The number of nitrogens with one attached hydrogen (secondary N) is 2. The zero-order chi connectivity index (χ0) is 21.8. The standard InChI is InChI=1S/C22H23ClN2O4S/c1-12(2)29-20(26)11-17(15-6-4-5-7-16(15)23)24-22(28)14-8-9-19-18(10-14)25-21(27)13(3)30-19/h4-10,12-13,17H,11H2,1-3H3,(H,24,28)(H,25,27). The van der Waals surface area contributed by atoms with Crippen molar-refractivity contribution in [1.29, 1.82) is 0 Å². The molecule has 30 heavy (non-hydrogen) atoms. The third-order valence-electron chi connectivity index (χ3n) is 4.50. The van der Waals surface area contributed by atoms with Crippen LogP contribution in [0.25, 0.3) is 0 Å². The monoisotopic (exact) mass is 446 g/mol. The number of carbonyl (C=O) groups is 3. The average molecular weight is 447 g/mol. The number of halogens is 1. The van der Waals surface area contributed by atoms with E-state index in [1.807, 2.05) is 13.0 Å². The van der Waals surface area contributed by atoms with Crippen LogP contribution < -0.4 is 10.6 Å². The number of ether oxygens (including phenoxy) is 1. The molecule has 2 N–H and O–H groups in total. The fraction of sp³-hybridized carbons (Fsp3) is 0.318. The van der Waals surface area contributed by atoms with Crippen LogP contribution in [0.2, 0.25) is 5.02 Å². The molecule has 1 aliphatic rings. The van der Waals surface area contributed by atoms with Crippen molar-refractivity contribution in [3.8, 4) is 0 Å². The molecule has 158 valence electrons. The van der Waals surface area contributed by atoms with Gasteiger partial charge in [0, 0.05) is 15.5 Å². The highest BCUT2D eigenvalue weighted by molar-refractivity contribution is 8.00. The van der Waals surface area contributed by atoms with Crippen LogP contribution in [-0.4, -0.2) is 29.1 Å². The maximum atomic E-state index is 12.9. The summed E-state index contributed by atoms with van der Waals surface area (Å²) in [6.45, 7) is 5.36. The Balaban J connectivity index is 1.83. The summed E-state index contributed by atoms with van der Waals surface area (Å²) in [5.41, 5.74) is 1.60. The Kier molecular flexibility index (Phi) is 7.05. The van der Waals surface area contributed by atoms with Crippen molar-refractivity contribution >= 4 is 46.8 Å². The predicted molar refractivity (Wildman–Crippen MR) is 118 cm³/mol. The number of benzene rings is 2. The lowest BCUT2D eigenvalue weighted by Gasteiger charge is -2.23. The summed E-state index contributed by atoms with van der Waals surface area (Å²) in [6.07, 6.45) is -0.313. The van der Waals surface area contributed by atoms with E-state index in [9.17, 15) is 14.4 Å². The van der Waals surface area contributed by atoms with Gasteiger partial charge in [0.1, 0.15) is 0 Å². The Morgan fingerprint density at radius 2 is 1.97 bits per heavy atom. The number of anilines is 1. The maximum Gasteiger partial charge on any atom is 0.308 e. The Labute approximate surface area is 184 Å². The molecule has 6 nitrogen and oxygen atoms in total. The smallest absolute Gasteiger partial charge is 0.308 e. The van der Waals surface area contributed by atoms with Crippen LogP contribution >= 0.6 is 23.4 Å². The SMILES string of the molecule is CC(C)OC(=O)CC(NC(=O)c1ccc2c(c1)NC(=O)C(C)S2)c1ccccc1Cl. The molecule has 0 spiro atoms. The molecule has 0 saturated heterocycles. The number of amides is 2. The van der Waals surface area contributed by atoms with E-state index >= 15 is 0 Å². The predicted octanol–water partition coefficient (Wildman–Crippen LogP) is 4.59. The van der Waals surface area contributed by atoms with Crippen molar-refractivity contribution in [2.24, 2.45) is 0 Å². The molecule has 2 amide bonds. The highest BCUT2D eigenvalue weighted by atomic mass is 35.5. The van der Waals surface area contributed by atoms with Crippen LogP contribution in [0, 0.1) is 0 Å². The van der Waals surface area contributed by atoms with E-state index in [4.69, 9.17) is 16.3 Å². The zero-order valence-electron chi connectivity index (χ0n) is 16.9. The zero-order valence-corrected chi connectivity index (χ0v) is 18.5.